The zero-order chi connectivity index (χ0) is 13.1. The van der Waals surface area contributed by atoms with E-state index >= 15 is 0 Å². The molecular formula is C13H28ClNO2. The normalized spacial score (nSPS) is 13.9. The van der Waals surface area contributed by atoms with Crippen molar-refractivity contribution in [3.05, 3.63) is 0 Å². The van der Waals surface area contributed by atoms with Gasteiger partial charge in [-0.3, -0.25) is 0 Å². The number of methoxy groups -OCH3 is 1. The second-order valence-corrected chi connectivity index (χ2v) is 6.14. The SMILES string of the molecule is COCCCOCCNCC(Cl)CC(C)(C)C. The van der Waals surface area contributed by atoms with E-state index in [-0.39, 0.29) is 5.38 Å². The Morgan fingerprint density at radius 3 is 2.47 bits per heavy atom. The van der Waals surface area contributed by atoms with Gasteiger partial charge >= 0.3 is 0 Å². The molecule has 1 N–H and O–H groups in total. The predicted molar refractivity (Wildman–Crippen MR) is 73.9 cm³/mol. The van der Waals surface area contributed by atoms with Crippen molar-refractivity contribution in [2.45, 2.75) is 39.0 Å². The number of nitrogens with one attached hydrogen (secondary N) is 1. The molecule has 0 heterocycles. The van der Waals surface area contributed by atoms with Gasteiger partial charge in [0, 0.05) is 38.8 Å². The van der Waals surface area contributed by atoms with E-state index in [2.05, 4.69) is 26.1 Å². The minimum absolute atomic E-state index is 0.198. The van der Waals surface area contributed by atoms with E-state index in [0.717, 1.165) is 45.8 Å². The van der Waals surface area contributed by atoms with Crippen molar-refractivity contribution < 1.29 is 9.47 Å². The molecule has 0 saturated carbocycles. The van der Waals surface area contributed by atoms with E-state index in [1.807, 2.05) is 0 Å². The number of halogens is 1. The van der Waals surface area contributed by atoms with Crippen LogP contribution in [-0.4, -0.2) is 45.4 Å². The molecule has 0 aromatic carbocycles. The molecule has 0 rings (SSSR count). The molecule has 17 heavy (non-hydrogen) atoms. The highest BCUT2D eigenvalue weighted by Crippen LogP contribution is 2.22. The molecule has 0 aliphatic carbocycles. The fourth-order valence-electron chi connectivity index (χ4n) is 1.55. The predicted octanol–water partition coefficient (Wildman–Crippen LogP) is 2.67. The summed E-state index contributed by atoms with van der Waals surface area (Å²) in [6.07, 6.45) is 1.98. The number of rotatable bonds is 10. The van der Waals surface area contributed by atoms with E-state index in [1.54, 1.807) is 7.11 Å². The molecule has 0 aliphatic heterocycles. The average Bonchev–Trinajstić information content (AvgIpc) is 2.19. The molecule has 0 aliphatic rings. The van der Waals surface area contributed by atoms with Gasteiger partial charge in [-0.15, -0.1) is 11.6 Å². The molecule has 0 saturated heterocycles. The van der Waals surface area contributed by atoms with Crippen molar-refractivity contribution in [1.82, 2.24) is 5.32 Å². The molecule has 0 spiro atoms. The molecule has 0 radical (unpaired) electrons. The van der Waals surface area contributed by atoms with Gasteiger partial charge in [-0.2, -0.15) is 0 Å². The molecular weight excluding hydrogens is 238 g/mol. The lowest BCUT2D eigenvalue weighted by atomic mass is 9.90. The number of hydrogen-bond donors (Lipinski definition) is 1. The molecule has 0 fully saturated rings. The molecule has 0 bridgehead atoms. The zero-order valence-electron chi connectivity index (χ0n) is 11.7. The van der Waals surface area contributed by atoms with Crippen LogP contribution in [0.5, 0.6) is 0 Å². The Balaban J connectivity index is 3.22. The fourth-order valence-corrected chi connectivity index (χ4v) is 2.12. The van der Waals surface area contributed by atoms with Crippen LogP contribution >= 0.6 is 11.6 Å². The average molecular weight is 266 g/mol. The van der Waals surface area contributed by atoms with Crippen LogP contribution in [0.1, 0.15) is 33.6 Å². The van der Waals surface area contributed by atoms with E-state index in [1.165, 1.54) is 0 Å². The molecule has 1 atom stereocenters. The van der Waals surface area contributed by atoms with Crippen molar-refractivity contribution in [2.24, 2.45) is 5.41 Å². The van der Waals surface area contributed by atoms with Gasteiger partial charge in [-0.1, -0.05) is 20.8 Å². The highest BCUT2D eigenvalue weighted by atomic mass is 35.5. The lowest BCUT2D eigenvalue weighted by Gasteiger charge is -2.22. The minimum atomic E-state index is 0.198. The Hall–Kier alpha value is 0.170. The first-order valence-electron chi connectivity index (χ1n) is 6.37. The smallest absolute Gasteiger partial charge is 0.0590 e. The second kappa shape index (κ2) is 10.1. The Morgan fingerprint density at radius 1 is 1.18 bits per heavy atom. The maximum absolute atomic E-state index is 6.23. The third-order valence-corrected chi connectivity index (χ3v) is 2.57. The van der Waals surface area contributed by atoms with Crippen LogP contribution in [0.4, 0.5) is 0 Å². The summed E-state index contributed by atoms with van der Waals surface area (Å²) in [6, 6.07) is 0. The standard InChI is InChI=1S/C13H28ClNO2/c1-13(2,3)10-12(14)11-15-6-9-17-8-5-7-16-4/h12,15H,5-11H2,1-4H3. The summed E-state index contributed by atoms with van der Waals surface area (Å²) >= 11 is 6.23. The first-order chi connectivity index (χ1) is 7.95. The molecule has 3 nitrogen and oxygen atoms in total. The molecule has 0 aromatic heterocycles. The van der Waals surface area contributed by atoms with Crippen molar-refractivity contribution in [2.75, 3.05) is 40.0 Å². The first-order valence-corrected chi connectivity index (χ1v) is 6.81. The van der Waals surface area contributed by atoms with Crippen molar-refractivity contribution >= 4 is 11.6 Å². The molecule has 1 unspecified atom stereocenters. The van der Waals surface area contributed by atoms with Gasteiger partial charge in [-0.25, -0.2) is 0 Å². The van der Waals surface area contributed by atoms with Gasteiger partial charge in [0.1, 0.15) is 0 Å². The number of hydrogen-bond acceptors (Lipinski definition) is 3. The van der Waals surface area contributed by atoms with E-state index in [0.29, 0.717) is 5.41 Å². The molecule has 4 heteroatoms. The van der Waals surface area contributed by atoms with Gasteiger partial charge in [-0.05, 0) is 18.3 Å². The highest BCUT2D eigenvalue weighted by molar-refractivity contribution is 6.20. The van der Waals surface area contributed by atoms with E-state index < -0.39 is 0 Å². The lowest BCUT2D eigenvalue weighted by molar-refractivity contribution is 0.104. The lowest BCUT2D eigenvalue weighted by Crippen LogP contribution is -2.29. The Bertz CT molecular complexity index is 171. The summed E-state index contributed by atoms with van der Waals surface area (Å²) in [5, 5.41) is 3.51. The van der Waals surface area contributed by atoms with Crippen LogP contribution in [0.15, 0.2) is 0 Å². The molecule has 104 valence electrons. The van der Waals surface area contributed by atoms with Crippen molar-refractivity contribution in [1.29, 1.82) is 0 Å². The Morgan fingerprint density at radius 2 is 1.88 bits per heavy atom. The van der Waals surface area contributed by atoms with E-state index in [4.69, 9.17) is 21.1 Å². The second-order valence-electron chi connectivity index (χ2n) is 5.52. The Labute approximate surface area is 111 Å². The summed E-state index contributed by atoms with van der Waals surface area (Å²) in [4.78, 5) is 0. The topological polar surface area (TPSA) is 30.5 Å². The number of alkyl halides is 1. The van der Waals surface area contributed by atoms with Crippen LogP contribution in [0.25, 0.3) is 0 Å². The van der Waals surface area contributed by atoms with Crippen LogP contribution in [0.3, 0.4) is 0 Å². The maximum Gasteiger partial charge on any atom is 0.0590 e. The molecule has 0 amide bonds. The monoisotopic (exact) mass is 265 g/mol. The fraction of sp³-hybridized carbons (Fsp3) is 1.00. The van der Waals surface area contributed by atoms with Crippen molar-refractivity contribution in [3.63, 3.8) is 0 Å². The highest BCUT2D eigenvalue weighted by Gasteiger charge is 2.16. The number of ether oxygens (including phenoxy) is 2. The summed E-state index contributed by atoms with van der Waals surface area (Å²) in [6.45, 7) is 10.6. The largest absolute Gasteiger partial charge is 0.385 e. The van der Waals surface area contributed by atoms with Gasteiger partial charge < -0.3 is 14.8 Å². The first kappa shape index (κ1) is 17.2. The molecule has 0 aromatic rings. The maximum atomic E-state index is 6.23. The minimum Gasteiger partial charge on any atom is -0.385 e. The Kier molecular flexibility index (Phi) is 10.2. The summed E-state index contributed by atoms with van der Waals surface area (Å²) in [5.74, 6) is 0. The summed E-state index contributed by atoms with van der Waals surface area (Å²) in [5.41, 5.74) is 0.296. The van der Waals surface area contributed by atoms with E-state index in [9.17, 15) is 0 Å². The van der Waals surface area contributed by atoms with Crippen molar-refractivity contribution in [3.8, 4) is 0 Å². The van der Waals surface area contributed by atoms with Crippen LogP contribution in [-0.2, 0) is 9.47 Å². The van der Waals surface area contributed by atoms with Gasteiger partial charge in [0.15, 0.2) is 0 Å². The zero-order valence-corrected chi connectivity index (χ0v) is 12.5. The van der Waals surface area contributed by atoms with Gasteiger partial charge in [0.2, 0.25) is 0 Å². The van der Waals surface area contributed by atoms with Gasteiger partial charge in [0.25, 0.3) is 0 Å². The third-order valence-electron chi connectivity index (χ3n) is 2.26. The quantitative estimate of drug-likeness (QED) is 0.487. The summed E-state index contributed by atoms with van der Waals surface area (Å²) in [7, 11) is 1.71. The van der Waals surface area contributed by atoms with Crippen LogP contribution in [0, 0.1) is 5.41 Å². The van der Waals surface area contributed by atoms with Gasteiger partial charge in [0.05, 0.1) is 6.61 Å². The third kappa shape index (κ3) is 14.1. The van der Waals surface area contributed by atoms with Crippen LogP contribution < -0.4 is 5.32 Å². The van der Waals surface area contributed by atoms with Crippen LogP contribution in [0.2, 0.25) is 0 Å². The summed E-state index contributed by atoms with van der Waals surface area (Å²) < 4.78 is 10.4.